The van der Waals surface area contributed by atoms with Gasteiger partial charge in [-0.2, -0.15) is 0 Å². The third-order valence-corrected chi connectivity index (χ3v) is 3.98. The Labute approximate surface area is 130 Å². The Hall–Kier alpha value is -0.390. The van der Waals surface area contributed by atoms with Gasteiger partial charge in [0, 0.05) is 49.4 Å². The van der Waals surface area contributed by atoms with Crippen LogP contribution >= 0.6 is 24.0 Å². The van der Waals surface area contributed by atoms with Gasteiger partial charge in [0.05, 0.1) is 0 Å². The van der Waals surface area contributed by atoms with Crippen LogP contribution in [-0.2, 0) is 0 Å². The van der Waals surface area contributed by atoms with E-state index in [9.17, 15) is 9.50 Å². The normalized spacial score (nSPS) is 17.6. The number of hydrogen-bond acceptors (Lipinski definition) is 3. The molecule has 1 fully saturated rings. The lowest BCUT2D eigenvalue weighted by Crippen LogP contribution is -2.45. The summed E-state index contributed by atoms with van der Waals surface area (Å²) in [5.41, 5.74) is 1.12. The smallest absolute Gasteiger partial charge is 0.132 e. The molecule has 0 radical (unpaired) electrons. The van der Waals surface area contributed by atoms with Gasteiger partial charge in [-0.15, -0.1) is 12.4 Å². The summed E-state index contributed by atoms with van der Waals surface area (Å²) in [6.45, 7) is 5.21. The molecule has 0 aromatic heterocycles. The van der Waals surface area contributed by atoms with Gasteiger partial charge in [-0.3, -0.25) is 4.90 Å². The van der Waals surface area contributed by atoms with Crippen LogP contribution in [0.3, 0.4) is 0 Å². The summed E-state index contributed by atoms with van der Waals surface area (Å²) in [7, 11) is 0. The number of aliphatic hydroxyl groups is 1. The van der Waals surface area contributed by atoms with Crippen molar-refractivity contribution in [2.45, 2.75) is 19.4 Å². The molecular weight excluding hydrogens is 302 g/mol. The number of nitrogens with one attached hydrogen (secondary N) is 1. The number of piperazine rings is 1. The number of halogens is 3. The molecule has 1 aromatic carbocycles. The standard InChI is InChI=1S/C14H20ClFN2O.ClH/c1-10-2-3-11(15)13(14(10)16)12(4-9-19)18-7-5-17-6-8-18;/h2-3,12,17,19H,4-9H2,1H3;1H/t12-;/m1./s1. The van der Waals surface area contributed by atoms with Crippen molar-refractivity contribution >= 4 is 24.0 Å². The van der Waals surface area contributed by atoms with Crippen molar-refractivity contribution < 1.29 is 9.50 Å². The Morgan fingerprint density at radius 2 is 2.05 bits per heavy atom. The predicted octanol–water partition coefficient (Wildman–Crippen LogP) is 2.54. The van der Waals surface area contributed by atoms with Gasteiger partial charge < -0.3 is 10.4 Å². The number of benzene rings is 1. The summed E-state index contributed by atoms with van der Waals surface area (Å²) in [6, 6.07) is 3.27. The van der Waals surface area contributed by atoms with E-state index in [-0.39, 0.29) is 30.9 Å². The van der Waals surface area contributed by atoms with E-state index in [0.29, 0.717) is 22.6 Å². The van der Waals surface area contributed by atoms with Crippen molar-refractivity contribution in [3.8, 4) is 0 Å². The second-order valence-corrected chi connectivity index (χ2v) is 5.31. The van der Waals surface area contributed by atoms with Crippen molar-refractivity contribution in [2.75, 3.05) is 32.8 Å². The van der Waals surface area contributed by atoms with E-state index in [1.54, 1.807) is 19.1 Å². The fraction of sp³-hybridized carbons (Fsp3) is 0.571. The summed E-state index contributed by atoms with van der Waals surface area (Å²) in [4.78, 5) is 2.19. The topological polar surface area (TPSA) is 35.5 Å². The van der Waals surface area contributed by atoms with Crippen LogP contribution in [0.4, 0.5) is 4.39 Å². The maximum absolute atomic E-state index is 14.4. The highest BCUT2D eigenvalue weighted by Crippen LogP contribution is 2.33. The van der Waals surface area contributed by atoms with E-state index in [4.69, 9.17) is 11.6 Å². The van der Waals surface area contributed by atoms with Crippen LogP contribution in [0.2, 0.25) is 5.02 Å². The van der Waals surface area contributed by atoms with E-state index in [1.165, 1.54) is 0 Å². The maximum atomic E-state index is 14.4. The molecule has 0 amide bonds. The van der Waals surface area contributed by atoms with Gasteiger partial charge in [0.15, 0.2) is 0 Å². The minimum atomic E-state index is -0.246. The highest BCUT2D eigenvalue weighted by atomic mass is 35.5. The van der Waals surface area contributed by atoms with Gasteiger partial charge in [-0.25, -0.2) is 4.39 Å². The zero-order valence-electron chi connectivity index (χ0n) is 11.5. The number of rotatable bonds is 4. The van der Waals surface area contributed by atoms with E-state index in [1.807, 2.05) is 0 Å². The molecule has 1 heterocycles. The lowest BCUT2D eigenvalue weighted by molar-refractivity contribution is 0.138. The Morgan fingerprint density at radius 3 is 2.65 bits per heavy atom. The molecule has 1 aliphatic rings. The van der Waals surface area contributed by atoms with E-state index >= 15 is 0 Å². The van der Waals surface area contributed by atoms with Crippen LogP contribution in [-0.4, -0.2) is 42.8 Å². The van der Waals surface area contributed by atoms with Crippen LogP contribution in [0.25, 0.3) is 0 Å². The summed E-state index contributed by atoms with van der Waals surface area (Å²) in [5, 5.41) is 13.0. The van der Waals surface area contributed by atoms with Gasteiger partial charge in [0.1, 0.15) is 5.82 Å². The molecule has 0 aliphatic carbocycles. The van der Waals surface area contributed by atoms with Gasteiger partial charge in [-0.05, 0) is 25.0 Å². The first-order chi connectivity index (χ1) is 9.15. The monoisotopic (exact) mass is 322 g/mol. The molecule has 1 saturated heterocycles. The highest BCUT2D eigenvalue weighted by Gasteiger charge is 2.26. The molecule has 0 unspecified atom stereocenters. The number of aliphatic hydroxyl groups excluding tert-OH is 1. The second-order valence-electron chi connectivity index (χ2n) is 4.91. The maximum Gasteiger partial charge on any atom is 0.132 e. The first kappa shape index (κ1) is 17.7. The molecule has 20 heavy (non-hydrogen) atoms. The number of hydrogen-bond donors (Lipinski definition) is 2. The van der Waals surface area contributed by atoms with E-state index in [0.717, 1.165) is 26.2 Å². The zero-order chi connectivity index (χ0) is 13.8. The first-order valence-corrected chi connectivity index (χ1v) is 7.03. The van der Waals surface area contributed by atoms with Gasteiger partial charge >= 0.3 is 0 Å². The molecular formula is C14H21Cl2FN2O. The molecule has 6 heteroatoms. The molecule has 114 valence electrons. The quantitative estimate of drug-likeness (QED) is 0.894. The lowest BCUT2D eigenvalue weighted by atomic mass is 9.98. The van der Waals surface area contributed by atoms with Crippen LogP contribution < -0.4 is 5.32 Å². The summed E-state index contributed by atoms with van der Waals surface area (Å²) >= 11 is 6.19. The molecule has 0 bridgehead atoms. The number of nitrogens with zero attached hydrogens (tertiary/aromatic N) is 1. The highest BCUT2D eigenvalue weighted by molar-refractivity contribution is 6.31. The third-order valence-electron chi connectivity index (χ3n) is 3.65. The molecule has 1 atom stereocenters. The molecule has 1 aromatic rings. The largest absolute Gasteiger partial charge is 0.396 e. The fourth-order valence-electron chi connectivity index (χ4n) is 2.61. The summed E-state index contributed by atoms with van der Waals surface area (Å²) in [5.74, 6) is -0.246. The fourth-order valence-corrected chi connectivity index (χ4v) is 2.88. The van der Waals surface area contributed by atoms with Crippen molar-refractivity contribution in [3.05, 3.63) is 34.1 Å². The van der Waals surface area contributed by atoms with Crippen molar-refractivity contribution in [1.29, 1.82) is 0 Å². The second kappa shape index (κ2) is 8.15. The average Bonchev–Trinajstić information content (AvgIpc) is 2.43. The molecule has 2 N–H and O–H groups in total. The van der Waals surface area contributed by atoms with Crippen LogP contribution in [0.5, 0.6) is 0 Å². The van der Waals surface area contributed by atoms with E-state index < -0.39 is 0 Å². The average molecular weight is 323 g/mol. The van der Waals surface area contributed by atoms with Crippen LogP contribution in [0.1, 0.15) is 23.6 Å². The Bertz CT molecular complexity index is 439. The lowest BCUT2D eigenvalue weighted by Gasteiger charge is -2.35. The molecule has 0 saturated carbocycles. The van der Waals surface area contributed by atoms with Gasteiger partial charge in [-0.1, -0.05) is 17.7 Å². The van der Waals surface area contributed by atoms with Crippen molar-refractivity contribution in [3.63, 3.8) is 0 Å². The van der Waals surface area contributed by atoms with Gasteiger partial charge in [0.25, 0.3) is 0 Å². The Morgan fingerprint density at radius 1 is 1.40 bits per heavy atom. The molecule has 0 spiro atoms. The van der Waals surface area contributed by atoms with Crippen LogP contribution in [0.15, 0.2) is 12.1 Å². The minimum Gasteiger partial charge on any atom is -0.396 e. The minimum absolute atomic E-state index is 0. The Kier molecular flexibility index (Phi) is 7.20. The van der Waals surface area contributed by atoms with Crippen molar-refractivity contribution in [1.82, 2.24) is 10.2 Å². The van der Waals surface area contributed by atoms with E-state index in [2.05, 4.69) is 10.2 Å². The molecule has 3 nitrogen and oxygen atoms in total. The molecule has 2 rings (SSSR count). The zero-order valence-corrected chi connectivity index (χ0v) is 13.1. The van der Waals surface area contributed by atoms with Crippen molar-refractivity contribution in [2.24, 2.45) is 0 Å². The molecule has 1 aliphatic heterocycles. The first-order valence-electron chi connectivity index (χ1n) is 6.65. The summed E-state index contributed by atoms with van der Waals surface area (Å²) < 4.78 is 14.4. The van der Waals surface area contributed by atoms with Gasteiger partial charge in [0.2, 0.25) is 0 Å². The number of aryl methyl sites for hydroxylation is 1. The van der Waals surface area contributed by atoms with Crippen LogP contribution in [0, 0.1) is 12.7 Å². The SMILES string of the molecule is Cc1ccc(Cl)c([C@@H](CCO)N2CCNCC2)c1F.Cl. The predicted molar refractivity (Wildman–Crippen MR) is 82.3 cm³/mol. The summed E-state index contributed by atoms with van der Waals surface area (Å²) in [6.07, 6.45) is 0.500. The third kappa shape index (κ3) is 3.83. The Balaban J connectivity index is 0.00000200.